The fourth-order valence-electron chi connectivity index (χ4n) is 1.63. The summed E-state index contributed by atoms with van der Waals surface area (Å²) in [6.07, 6.45) is 0. The highest BCUT2D eigenvalue weighted by Gasteiger charge is 2.14. The zero-order chi connectivity index (χ0) is 14.7. The van der Waals surface area contributed by atoms with Gasteiger partial charge >= 0.3 is 5.91 Å². The predicted octanol–water partition coefficient (Wildman–Crippen LogP) is 3.79. The molecule has 0 spiro atoms. The molecule has 0 aliphatic rings. The van der Waals surface area contributed by atoms with Crippen LogP contribution in [0, 0.1) is 6.92 Å². The number of aryl methyl sites for hydroxylation is 1. The number of rotatable bonds is 4. The molecule has 0 aliphatic carbocycles. The molecule has 4 nitrogen and oxygen atoms in total. The molecule has 0 unspecified atom stereocenters. The lowest BCUT2D eigenvalue weighted by molar-refractivity contribution is 0.0923. The summed E-state index contributed by atoms with van der Waals surface area (Å²) in [6, 6.07) is 7.22. The number of hydrogen-bond donors (Lipinski definition) is 2. The van der Waals surface area contributed by atoms with Crippen molar-refractivity contribution in [1.82, 2.24) is 5.43 Å². The number of thioether (sulfide) groups is 1. The Balaban J connectivity index is 2.07. The number of furan rings is 1. The van der Waals surface area contributed by atoms with Crippen LogP contribution in [0.15, 0.2) is 33.6 Å². The van der Waals surface area contributed by atoms with Gasteiger partial charge in [0, 0.05) is 10.5 Å². The third-order valence-electron chi connectivity index (χ3n) is 2.58. The Hall–Kier alpha value is -1.14. The Morgan fingerprint density at radius 1 is 1.35 bits per heavy atom. The summed E-state index contributed by atoms with van der Waals surface area (Å²) in [5, 5.41) is 1.03. The lowest BCUT2D eigenvalue weighted by Crippen LogP contribution is -2.30. The number of nitrogen functional groups attached to an aromatic ring is 1. The molecule has 1 aromatic heterocycles. The predicted molar refractivity (Wildman–Crippen MR) is 81.1 cm³/mol. The van der Waals surface area contributed by atoms with E-state index in [1.54, 1.807) is 19.1 Å². The van der Waals surface area contributed by atoms with Crippen LogP contribution in [0.1, 0.15) is 21.9 Å². The van der Waals surface area contributed by atoms with Gasteiger partial charge < -0.3 is 4.42 Å². The van der Waals surface area contributed by atoms with E-state index < -0.39 is 5.91 Å². The van der Waals surface area contributed by atoms with Crippen LogP contribution in [0.3, 0.4) is 0 Å². The number of benzene rings is 1. The first kappa shape index (κ1) is 15.3. The van der Waals surface area contributed by atoms with E-state index in [4.69, 9.17) is 33.5 Å². The Bertz CT molecular complexity index is 643. The van der Waals surface area contributed by atoms with Crippen LogP contribution in [-0.4, -0.2) is 5.91 Å². The van der Waals surface area contributed by atoms with Crippen molar-refractivity contribution in [2.45, 2.75) is 17.6 Å². The third-order valence-corrected chi connectivity index (χ3v) is 4.33. The molecule has 106 valence electrons. The van der Waals surface area contributed by atoms with Crippen molar-refractivity contribution in [1.29, 1.82) is 0 Å². The first-order valence-electron chi connectivity index (χ1n) is 5.69. The van der Waals surface area contributed by atoms with Crippen molar-refractivity contribution in [3.63, 3.8) is 0 Å². The Labute approximate surface area is 130 Å². The lowest BCUT2D eigenvalue weighted by Gasteiger charge is -2.01. The lowest BCUT2D eigenvalue weighted by atomic mass is 10.2. The number of carbonyl (C=O) groups is 1. The topological polar surface area (TPSA) is 68.3 Å². The van der Waals surface area contributed by atoms with E-state index in [9.17, 15) is 4.79 Å². The van der Waals surface area contributed by atoms with E-state index in [1.807, 2.05) is 12.1 Å². The SMILES string of the molecule is Cc1cc(CSc2ccc(Cl)c(Cl)c2)oc1C(=O)NN. The van der Waals surface area contributed by atoms with Gasteiger partial charge in [0.2, 0.25) is 0 Å². The van der Waals surface area contributed by atoms with Crippen molar-refractivity contribution in [3.8, 4) is 0 Å². The van der Waals surface area contributed by atoms with Crippen LogP contribution < -0.4 is 11.3 Å². The highest BCUT2D eigenvalue weighted by Crippen LogP contribution is 2.30. The van der Waals surface area contributed by atoms with Crippen molar-refractivity contribution < 1.29 is 9.21 Å². The monoisotopic (exact) mass is 330 g/mol. The molecule has 0 atom stereocenters. The van der Waals surface area contributed by atoms with Crippen molar-refractivity contribution in [3.05, 3.63) is 51.4 Å². The number of hydrogen-bond acceptors (Lipinski definition) is 4. The standard InChI is InChI=1S/C13H12Cl2N2O2S/c1-7-4-8(19-12(7)13(18)17-16)6-20-9-2-3-10(14)11(15)5-9/h2-5H,6,16H2,1H3,(H,17,18). The molecule has 0 radical (unpaired) electrons. The maximum absolute atomic E-state index is 11.4. The molecule has 0 aliphatic heterocycles. The summed E-state index contributed by atoms with van der Waals surface area (Å²) < 4.78 is 5.47. The summed E-state index contributed by atoms with van der Waals surface area (Å²) in [4.78, 5) is 12.4. The molecule has 1 amide bonds. The number of amides is 1. The van der Waals surface area contributed by atoms with E-state index in [2.05, 4.69) is 5.43 Å². The van der Waals surface area contributed by atoms with Gasteiger partial charge in [0.1, 0.15) is 5.76 Å². The summed E-state index contributed by atoms with van der Waals surface area (Å²) in [7, 11) is 0. The maximum atomic E-state index is 11.4. The minimum atomic E-state index is -0.437. The number of carbonyl (C=O) groups excluding carboxylic acids is 1. The largest absolute Gasteiger partial charge is 0.455 e. The first-order valence-corrected chi connectivity index (χ1v) is 7.43. The van der Waals surface area contributed by atoms with Crippen molar-refractivity contribution in [2.75, 3.05) is 0 Å². The van der Waals surface area contributed by atoms with Gasteiger partial charge in [-0.2, -0.15) is 0 Å². The van der Waals surface area contributed by atoms with E-state index in [0.717, 1.165) is 10.5 Å². The second kappa shape index (κ2) is 6.54. The van der Waals surface area contributed by atoms with Gasteiger partial charge in [-0.25, -0.2) is 5.84 Å². The van der Waals surface area contributed by atoms with Crippen molar-refractivity contribution >= 4 is 40.9 Å². The second-order valence-electron chi connectivity index (χ2n) is 4.06. The van der Waals surface area contributed by atoms with Gasteiger partial charge in [0.05, 0.1) is 15.8 Å². The Kier molecular flexibility index (Phi) is 4.99. The average Bonchev–Trinajstić information content (AvgIpc) is 2.80. The molecular weight excluding hydrogens is 319 g/mol. The molecule has 1 aromatic carbocycles. The quantitative estimate of drug-likeness (QED) is 0.387. The minimum Gasteiger partial charge on any atom is -0.455 e. The molecular formula is C13H12Cl2N2O2S. The van der Waals surface area contributed by atoms with Gasteiger partial charge in [-0.1, -0.05) is 23.2 Å². The second-order valence-corrected chi connectivity index (χ2v) is 5.93. The Morgan fingerprint density at radius 3 is 2.75 bits per heavy atom. The van der Waals surface area contributed by atoms with E-state index >= 15 is 0 Å². The van der Waals surface area contributed by atoms with Crippen LogP contribution in [0.5, 0.6) is 0 Å². The zero-order valence-electron chi connectivity index (χ0n) is 10.6. The van der Waals surface area contributed by atoms with Crippen LogP contribution in [0.25, 0.3) is 0 Å². The molecule has 0 fully saturated rings. The highest BCUT2D eigenvalue weighted by atomic mass is 35.5. The average molecular weight is 331 g/mol. The molecule has 7 heteroatoms. The molecule has 0 saturated carbocycles. The maximum Gasteiger partial charge on any atom is 0.301 e. The van der Waals surface area contributed by atoms with Gasteiger partial charge in [-0.15, -0.1) is 11.8 Å². The van der Waals surface area contributed by atoms with Gasteiger partial charge in [-0.3, -0.25) is 10.2 Å². The van der Waals surface area contributed by atoms with E-state index in [1.165, 1.54) is 11.8 Å². The summed E-state index contributed by atoms with van der Waals surface area (Å²) in [5.74, 6) is 6.15. The first-order chi connectivity index (χ1) is 9.51. The molecule has 3 N–H and O–H groups in total. The smallest absolute Gasteiger partial charge is 0.301 e. The molecule has 0 saturated heterocycles. The molecule has 0 bridgehead atoms. The third kappa shape index (κ3) is 3.49. The summed E-state index contributed by atoms with van der Waals surface area (Å²) in [5.41, 5.74) is 2.80. The molecule has 2 aromatic rings. The zero-order valence-corrected chi connectivity index (χ0v) is 12.9. The molecule has 1 heterocycles. The number of nitrogens with two attached hydrogens (primary N) is 1. The Morgan fingerprint density at radius 2 is 2.10 bits per heavy atom. The van der Waals surface area contributed by atoms with Crippen LogP contribution in [0.4, 0.5) is 0 Å². The molecule has 20 heavy (non-hydrogen) atoms. The van der Waals surface area contributed by atoms with Crippen molar-refractivity contribution in [2.24, 2.45) is 5.84 Å². The minimum absolute atomic E-state index is 0.234. The summed E-state index contributed by atoms with van der Waals surface area (Å²) in [6.45, 7) is 1.79. The van der Waals surface area contributed by atoms with E-state index in [-0.39, 0.29) is 5.76 Å². The van der Waals surface area contributed by atoms with Crippen LogP contribution >= 0.6 is 35.0 Å². The fourth-order valence-corrected chi connectivity index (χ4v) is 2.81. The number of halogens is 2. The van der Waals surface area contributed by atoms with Crippen LogP contribution in [-0.2, 0) is 5.75 Å². The number of nitrogens with one attached hydrogen (secondary N) is 1. The van der Waals surface area contributed by atoms with Crippen LogP contribution in [0.2, 0.25) is 10.0 Å². The van der Waals surface area contributed by atoms with Gasteiger partial charge in [0.25, 0.3) is 0 Å². The highest BCUT2D eigenvalue weighted by molar-refractivity contribution is 7.98. The molecule has 2 rings (SSSR count). The number of hydrazine groups is 1. The van der Waals surface area contributed by atoms with Gasteiger partial charge in [-0.05, 0) is 31.2 Å². The van der Waals surface area contributed by atoms with Gasteiger partial charge in [0.15, 0.2) is 5.76 Å². The summed E-state index contributed by atoms with van der Waals surface area (Å²) >= 11 is 13.3. The normalized spacial score (nSPS) is 10.6. The fraction of sp³-hybridized carbons (Fsp3) is 0.154. The van der Waals surface area contributed by atoms with E-state index in [0.29, 0.717) is 21.6 Å².